The van der Waals surface area contributed by atoms with Gasteiger partial charge >= 0.3 is 0 Å². The maximum Gasteiger partial charge on any atom is 0.119 e. The number of hydrogen-bond acceptors (Lipinski definition) is 3. The van der Waals surface area contributed by atoms with Gasteiger partial charge in [0.15, 0.2) is 0 Å². The minimum atomic E-state index is 0.616. The molecule has 0 bridgehead atoms. The lowest BCUT2D eigenvalue weighted by molar-refractivity contribution is 0.413. The minimum absolute atomic E-state index is 0.616. The van der Waals surface area contributed by atoms with Gasteiger partial charge in [0.05, 0.1) is 7.11 Å². The van der Waals surface area contributed by atoms with Crippen molar-refractivity contribution in [1.29, 1.82) is 0 Å². The Kier molecular flexibility index (Phi) is 6.27. The molecule has 0 aliphatic rings. The molecule has 0 aliphatic heterocycles. The van der Waals surface area contributed by atoms with E-state index in [1.165, 1.54) is 15.3 Å². The van der Waals surface area contributed by atoms with Crippen LogP contribution in [0.2, 0.25) is 0 Å². The highest BCUT2D eigenvalue weighted by atomic mass is 32.1. The molecule has 2 aromatic rings. The molecule has 0 aliphatic carbocycles. The van der Waals surface area contributed by atoms with E-state index in [0.29, 0.717) is 5.92 Å². The van der Waals surface area contributed by atoms with Crippen molar-refractivity contribution in [1.82, 2.24) is 5.32 Å². The first-order valence-electron chi connectivity index (χ1n) is 7.60. The zero-order valence-corrected chi connectivity index (χ0v) is 14.0. The summed E-state index contributed by atoms with van der Waals surface area (Å²) < 4.78 is 5.32. The van der Waals surface area contributed by atoms with Gasteiger partial charge in [0.25, 0.3) is 0 Å². The summed E-state index contributed by atoms with van der Waals surface area (Å²) >= 11 is 1.95. The fourth-order valence-corrected chi connectivity index (χ4v) is 3.72. The van der Waals surface area contributed by atoms with Gasteiger partial charge in [0.1, 0.15) is 5.75 Å². The smallest absolute Gasteiger partial charge is 0.119 e. The summed E-state index contributed by atoms with van der Waals surface area (Å²) in [4.78, 5) is 2.98. The second kappa shape index (κ2) is 8.20. The number of nitrogens with one attached hydrogen (secondary N) is 1. The Balaban J connectivity index is 2.03. The Morgan fingerprint density at radius 3 is 2.62 bits per heavy atom. The van der Waals surface area contributed by atoms with E-state index in [0.717, 1.165) is 31.6 Å². The third kappa shape index (κ3) is 4.87. The second-order valence-electron chi connectivity index (χ2n) is 5.41. The van der Waals surface area contributed by atoms with E-state index in [1.54, 1.807) is 7.11 Å². The first-order valence-corrected chi connectivity index (χ1v) is 8.42. The van der Waals surface area contributed by atoms with E-state index in [4.69, 9.17) is 4.74 Å². The number of ether oxygens (including phenoxy) is 1. The van der Waals surface area contributed by atoms with Crippen LogP contribution in [0.25, 0.3) is 0 Å². The molecule has 2 nitrogen and oxygen atoms in total. The van der Waals surface area contributed by atoms with Crippen molar-refractivity contribution in [2.45, 2.75) is 26.2 Å². The highest BCUT2D eigenvalue weighted by Gasteiger charge is 2.12. The fraction of sp³-hybridized carbons (Fsp3) is 0.444. The Bertz CT molecular complexity index is 550. The van der Waals surface area contributed by atoms with Crippen LogP contribution >= 0.6 is 11.3 Å². The molecule has 1 aromatic carbocycles. The molecule has 1 heterocycles. The van der Waals surface area contributed by atoms with Gasteiger partial charge in [-0.2, -0.15) is 0 Å². The molecule has 1 atom stereocenters. The van der Waals surface area contributed by atoms with Crippen molar-refractivity contribution in [3.63, 3.8) is 0 Å². The van der Waals surface area contributed by atoms with Crippen molar-refractivity contribution in [2.75, 3.05) is 20.7 Å². The van der Waals surface area contributed by atoms with Crippen LogP contribution in [0.5, 0.6) is 5.75 Å². The van der Waals surface area contributed by atoms with Crippen LogP contribution in [-0.4, -0.2) is 20.7 Å². The van der Waals surface area contributed by atoms with Crippen LogP contribution in [0.4, 0.5) is 0 Å². The summed E-state index contributed by atoms with van der Waals surface area (Å²) in [6.07, 6.45) is 3.36. The maximum absolute atomic E-state index is 5.32. The van der Waals surface area contributed by atoms with Crippen molar-refractivity contribution in [3.8, 4) is 5.75 Å². The van der Waals surface area contributed by atoms with Gasteiger partial charge in [-0.15, -0.1) is 11.3 Å². The Hall–Kier alpha value is -1.32. The van der Waals surface area contributed by atoms with Gasteiger partial charge in [0, 0.05) is 9.75 Å². The first-order chi connectivity index (χ1) is 10.2. The molecule has 0 fully saturated rings. The van der Waals surface area contributed by atoms with Gasteiger partial charge < -0.3 is 10.1 Å². The van der Waals surface area contributed by atoms with Gasteiger partial charge in [-0.1, -0.05) is 19.1 Å². The number of hydrogen-bond donors (Lipinski definition) is 1. The molecule has 0 saturated carbocycles. The minimum Gasteiger partial charge on any atom is -0.497 e. The molecule has 1 aromatic heterocycles. The summed E-state index contributed by atoms with van der Waals surface area (Å²) in [5.74, 6) is 1.56. The average molecular weight is 303 g/mol. The molecule has 21 heavy (non-hydrogen) atoms. The Labute approximate surface area is 132 Å². The number of rotatable bonds is 8. The summed E-state index contributed by atoms with van der Waals surface area (Å²) in [5.41, 5.74) is 1.35. The van der Waals surface area contributed by atoms with Crippen molar-refractivity contribution >= 4 is 11.3 Å². The summed E-state index contributed by atoms with van der Waals surface area (Å²) in [5, 5.41) is 3.33. The first kappa shape index (κ1) is 16.1. The van der Waals surface area contributed by atoms with Gasteiger partial charge in [0.2, 0.25) is 0 Å². The van der Waals surface area contributed by atoms with Crippen LogP contribution in [0, 0.1) is 5.92 Å². The number of methoxy groups -OCH3 is 1. The number of aryl methyl sites for hydroxylation is 1. The van der Waals surface area contributed by atoms with E-state index in [9.17, 15) is 0 Å². The Morgan fingerprint density at radius 1 is 1.14 bits per heavy atom. The van der Waals surface area contributed by atoms with Crippen LogP contribution in [-0.2, 0) is 19.3 Å². The Morgan fingerprint density at radius 2 is 1.95 bits per heavy atom. The lowest BCUT2D eigenvalue weighted by atomic mass is 9.95. The molecule has 2 rings (SSSR count). The van der Waals surface area contributed by atoms with E-state index < -0.39 is 0 Å². The maximum atomic E-state index is 5.32. The molecular weight excluding hydrogens is 278 g/mol. The largest absolute Gasteiger partial charge is 0.497 e. The van der Waals surface area contributed by atoms with Gasteiger partial charge in [-0.25, -0.2) is 0 Å². The SMILES string of the molecule is CCc1ccc(CC(CNC)Cc2cccc(OC)c2)s1. The molecule has 0 saturated heterocycles. The normalized spacial score (nSPS) is 12.3. The summed E-state index contributed by atoms with van der Waals surface area (Å²) in [7, 11) is 3.76. The predicted molar refractivity (Wildman–Crippen MR) is 91.5 cm³/mol. The van der Waals surface area contributed by atoms with Crippen LogP contribution in [0.3, 0.4) is 0 Å². The highest BCUT2D eigenvalue weighted by molar-refractivity contribution is 7.11. The third-order valence-electron chi connectivity index (χ3n) is 3.71. The quantitative estimate of drug-likeness (QED) is 0.797. The highest BCUT2D eigenvalue weighted by Crippen LogP contribution is 2.23. The second-order valence-corrected chi connectivity index (χ2v) is 6.66. The summed E-state index contributed by atoms with van der Waals surface area (Å²) in [6.45, 7) is 3.26. The van der Waals surface area contributed by atoms with E-state index in [-0.39, 0.29) is 0 Å². The summed E-state index contributed by atoms with van der Waals surface area (Å²) in [6, 6.07) is 13.0. The third-order valence-corrected chi connectivity index (χ3v) is 4.96. The molecule has 114 valence electrons. The zero-order valence-electron chi connectivity index (χ0n) is 13.2. The van der Waals surface area contributed by atoms with E-state index in [1.807, 2.05) is 24.5 Å². The lowest BCUT2D eigenvalue weighted by Crippen LogP contribution is -2.22. The fourth-order valence-electron chi connectivity index (χ4n) is 2.64. The van der Waals surface area contributed by atoms with Crippen molar-refractivity contribution in [3.05, 3.63) is 51.7 Å². The van der Waals surface area contributed by atoms with Gasteiger partial charge in [-0.3, -0.25) is 0 Å². The molecule has 3 heteroatoms. The number of benzene rings is 1. The molecular formula is C18H25NOS. The van der Waals surface area contributed by atoms with Crippen LogP contribution < -0.4 is 10.1 Å². The predicted octanol–water partition coefficient (Wildman–Crippen LogP) is 3.94. The van der Waals surface area contributed by atoms with Gasteiger partial charge in [-0.05, 0) is 68.6 Å². The monoisotopic (exact) mass is 303 g/mol. The van der Waals surface area contributed by atoms with Crippen molar-refractivity contribution in [2.24, 2.45) is 5.92 Å². The standard InChI is InChI=1S/C18H25NOS/c1-4-17-8-9-18(21-17)12-15(13-19-2)10-14-6-5-7-16(11-14)20-3/h5-9,11,15,19H,4,10,12-13H2,1-3H3. The lowest BCUT2D eigenvalue weighted by Gasteiger charge is -2.16. The molecule has 0 spiro atoms. The molecule has 1 N–H and O–H groups in total. The van der Waals surface area contributed by atoms with E-state index >= 15 is 0 Å². The van der Waals surface area contributed by atoms with Crippen molar-refractivity contribution < 1.29 is 4.74 Å². The molecule has 0 amide bonds. The zero-order chi connectivity index (χ0) is 15.1. The van der Waals surface area contributed by atoms with E-state index in [2.05, 4.69) is 42.6 Å². The average Bonchev–Trinajstić information content (AvgIpc) is 2.95. The topological polar surface area (TPSA) is 21.3 Å². The molecule has 0 radical (unpaired) electrons. The van der Waals surface area contributed by atoms with Crippen LogP contribution in [0.15, 0.2) is 36.4 Å². The number of thiophene rings is 1. The van der Waals surface area contributed by atoms with Crippen LogP contribution in [0.1, 0.15) is 22.2 Å². The molecule has 1 unspecified atom stereocenters.